The van der Waals surface area contributed by atoms with Crippen LogP contribution in [0, 0.1) is 23.0 Å². The molecule has 0 bridgehead atoms. The van der Waals surface area contributed by atoms with Crippen LogP contribution in [0.5, 0.6) is 0 Å². The number of amides is 1. The molecule has 27 heavy (non-hydrogen) atoms. The van der Waals surface area contributed by atoms with E-state index in [1.165, 1.54) is 4.90 Å². The van der Waals surface area contributed by atoms with Crippen LogP contribution in [-0.2, 0) is 9.53 Å². The Labute approximate surface area is 157 Å². The van der Waals surface area contributed by atoms with Crippen molar-refractivity contribution in [1.29, 1.82) is 0 Å². The predicted octanol–water partition coefficient (Wildman–Crippen LogP) is 3.82. The molecule has 1 spiro atoms. The van der Waals surface area contributed by atoms with Crippen LogP contribution in [0.1, 0.15) is 56.8 Å². The summed E-state index contributed by atoms with van der Waals surface area (Å²) in [5.41, 5.74) is -1.29. The summed E-state index contributed by atoms with van der Waals surface area (Å²) >= 11 is 0. The SMILES string of the molecule is CC(C)(C)C1CCC2(CC1)OC[C@H](C(=O)O)N2C(=O)c1ccc(F)cc1F. The first-order chi connectivity index (χ1) is 12.5. The van der Waals surface area contributed by atoms with Crippen LogP contribution in [0.15, 0.2) is 18.2 Å². The molecule has 1 aromatic rings. The van der Waals surface area contributed by atoms with E-state index in [2.05, 4.69) is 20.8 Å². The Morgan fingerprint density at radius 3 is 2.37 bits per heavy atom. The molecule has 1 aliphatic heterocycles. The van der Waals surface area contributed by atoms with Gasteiger partial charge in [-0.2, -0.15) is 0 Å². The van der Waals surface area contributed by atoms with Gasteiger partial charge >= 0.3 is 5.97 Å². The Morgan fingerprint density at radius 2 is 1.85 bits per heavy atom. The number of halogens is 2. The van der Waals surface area contributed by atoms with Crippen molar-refractivity contribution in [3.63, 3.8) is 0 Å². The highest BCUT2D eigenvalue weighted by Gasteiger charge is 2.55. The maximum atomic E-state index is 14.2. The van der Waals surface area contributed by atoms with Crippen molar-refractivity contribution >= 4 is 11.9 Å². The van der Waals surface area contributed by atoms with Gasteiger partial charge in [0.1, 0.15) is 17.4 Å². The highest BCUT2D eigenvalue weighted by atomic mass is 19.1. The van der Waals surface area contributed by atoms with Crippen LogP contribution < -0.4 is 0 Å². The molecule has 7 heteroatoms. The number of ether oxygens (including phenoxy) is 1. The van der Waals surface area contributed by atoms with E-state index in [0.29, 0.717) is 24.8 Å². The van der Waals surface area contributed by atoms with Gasteiger partial charge in [-0.15, -0.1) is 0 Å². The first-order valence-corrected chi connectivity index (χ1v) is 9.21. The quantitative estimate of drug-likeness (QED) is 0.846. The van der Waals surface area contributed by atoms with E-state index in [4.69, 9.17) is 4.74 Å². The zero-order valence-corrected chi connectivity index (χ0v) is 15.8. The molecule has 1 saturated heterocycles. The fraction of sp³-hybridized carbons (Fsp3) is 0.600. The Balaban J connectivity index is 1.93. The minimum atomic E-state index is -1.19. The largest absolute Gasteiger partial charge is 0.480 e. The molecule has 3 rings (SSSR count). The normalized spacial score (nSPS) is 28.6. The number of aliphatic carboxylic acids is 1. The number of benzene rings is 1. The Kier molecular flexibility index (Phi) is 5.01. The molecule has 1 aliphatic carbocycles. The summed E-state index contributed by atoms with van der Waals surface area (Å²) < 4.78 is 33.3. The predicted molar refractivity (Wildman–Crippen MR) is 94.0 cm³/mol. The third-order valence-electron chi connectivity index (χ3n) is 5.92. The first kappa shape index (κ1) is 19.7. The second-order valence-corrected chi connectivity index (χ2v) is 8.55. The fourth-order valence-corrected chi connectivity index (χ4v) is 4.28. The average molecular weight is 381 g/mol. The zero-order valence-electron chi connectivity index (χ0n) is 15.8. The number of carbonyl (C=O) groups is 2. The molecule has 0 radical (unpaired) electrons. The fourth-order valence-electron chi connectivity index (χ4n) is 4.28. The first-order valence-electron chi connectivity index (χ1n) is 9.21. The zero-order chi connectivity index (χ0) is 20.0. The van der Waals surface area contributed by atoms with Gasteiger partial charge in [0.2, 0.25) is 0 Å². The van der Waals surface area contributed by atoms with E-state index in [1.54, 1.807) is 0 Å². The molecule has 1 N–H and O–H groups in total. The van der Waals surface area contributed by atoms with Gasteiger partial charge < -0.3 is 9.84 Å². The van der Waals surface area contributed by atoms with Crippen molar-refractivity contribution in [2.75, 3.05) is 6.61 Å². The average Bonchev–Trinajstić information content (AvgIpc) is 2.93. The Morgan fingerprint density at radius 1 is 1.22 bits per heavy atom. The van der Waals surface area contributed by atoms with Crippen molar-refractivity contribution in [2.24, 2.45) is 11.3 Å². The molecule has 0 unspecified atom stereocenters. The summed E-state index contributed by atoms with van der Waals surface area (Å²) in [5, 5.41) is 9.56. The van der Waals surface area contributed by atoms with Crippen molar-refractivity contribution in [3.05, 3.63) is 35.4 Å². The van der Waals surface area contributed by atoms with E-state index in [9.17, 15) is 23.5 Å². The highest BCUT2D eigenvalue weighted by molar-refractivity contribution is 5.97. The summed E-state index contributed by atoms with van der Waals surface area (Å²) in [6.45, 7) is 6.33. The molecule has 148 valence electrons. The van der Waals surface area contributed by atoms with Crippen LogP contribution in [0.25, 0.3) is 0 Å². The van der Waals surface area contributed by atoms with Gasteiger partial charge in [-0.1, -0.05) is 20.8 Å². The molecule has 0 aromatic heterocycles. The van der Waals surface area contributed by atoms with Crippen LogP contribution in [0.2, 0.25) is 0 Å². The van der Waals surface area contributed by atoms with Crippen molar-refractivity contribution in [1.82, 2.24) is 4.90 Å². The van der Waals surface area contributed by atoms with Gasteiger partial charge in [-0.05, 0) is 49.1 Å². The lowest BCUT2D eigenvalue weighted by atomic mass is 9.70. The van der Waals surface area contributed by atoms with Gasteiger partial charge in [-0.25, -0.2) is 13.6 Å². The standard InChI is InChI=1S/C20H25F2NO4/c1-19(2,3)12-6-8-20(9-7-12)23(16(11-27-20)18(25)26)17(24)14-5-4-13(21)10-15(14)22/h4-5,10,12,16H,6-9,11H2,1-3H3,(H,25,26)/t12?,16-,20?/m1/s1. The number of rotatable bonds is 2. The lowest BCUT2D eigenvalue weighted by Crippen LogP contribution is -2.55. The van der Waals surface area contributed by atoms with Gasteiger partial charge in [0.15, 0.2) is 6.04 Å². The van der Waals surface area contributed by atoms with Gasteiger partial charge in [0.05, 0.1) is 12.2 Å². The van der Waals surface area contributed by atoms with E-state index >= 15 is 0 Å². The summed E-state index contributed by atoms with van der Waals surface area (Å²) in [6, 6.07) is 1.49. The second kappa shape index (κ2) is 6.86. The third kappa shape index (κ3) is 3.57. The van der Waals surface area contributed by atoms with Crippen LogP contribution >= 0.6 is 0 Å². The third-order valence-corrected chi connectivity index (χ3v) is 5.92. The van der Waals surface area contributed by atoms with E-state index in [0.717, 1.165) is 25.0 Å². The molecule has 2 aliphatic rings. The molecule has 1 saturated carbocycles. The molecular weight excluding hydrogens is 356 g/mol. The van der Waals surface area contributed by atoms with Crippen LogP contribution in [0.3, 0.4) is 0 Å². The van der Waals surface area contributed by atoms with Crippen LogP contribution in [-0.4, -0.2) is 40.3 Å². The number of carboxylic acids is 1. The summed E-state index contributed by atoms with van der Waals surface area (Å²) in [6.07, 6.45) is 2.55. The number of hydrogen-bond donors (Lipinski definition) is 1. The summed E-state index contributed by atoms with van der Waals surface area (Å²) in [7, 11) is 0. The minimum Gasteiger partial charge on any atom is -0.480 e. The number of nitrogens with zero attached hydrogens (tertiary/aromatic N) is 1. The smallest absolute Gasteiger partial charge is 0.328 e. The molecule has 2 fully saturated rings. The maximum absolute atomic E-state index is 14.2. The second-order valence-electron chi connectivity index (χ2n) is 8.55. The number of hydrogen-bond acceptors (Lipinski definition) is 3. The summed E-state index contributed by atoms with van der Waals surface area (Å²) in [4.78, 5) is 25.9. The number of carboxylic acid groups (broad SMARTS) is 1. The van der Waals surface area contributed by atoms with Gasteiger partial charge in [0.25, 0.3) is 5.91 Å². The van der Waals surface area contributed by atoms with Gasteiger partial charge in [-0.3, -0.25) is 9.69 Å². The lowest BCUT2D eigenvalue weighted by molar-refractivity contribution is -0.144. The monoisotopic (exact) mass is 381 g/mol. The van der Waals surface area contributed by atoms with E-state index < -0.39 is 35.3 Å². The van der Waals surface area contributed by atoms with Crippen molar-refractivity contribution < 1.29 is 28.2 Å². The lowest BCUT2D eigenvalue weighted by Gasteiger charge is -2.46. The molecular formula is C20H25F2NO4. The highest BCUT2D eigenvalue weighted by Crippen LogP contribution is 2.47. The summed E-state index contributed by atoms with van der Waals surface area (Å²) in [5.74, 6) is -3.34. The van der Waals surface area contributed by atoms with Crippen LogP contribution in [0.4, 0.5) is 8.78 Å². The maximum Gasteiger partial charge on any atom is 0.328 e. The van der Waals surface area contributed by atoms with E-state index in [-0.39, 0.29) is 17.6 Å². The molecule has 1 amide bonds. The van der Waals surface area contributed by atoms with Crippen molar-refractivity contribution in [3.8, 4) is 0 Å². The Bertz CT molecular complexity index is 751. The topological polar surface area (TPSA) is 66.8 Å². The molecule has 1 atom stereocenters. The number of carbonyl (C=O) groups excluding carboxylic acids is 1. The molecule has 5 nitrogen and oxygen atoms in total. The Hall–Kier alpha value is -2.02. The van der Waals surface area contributed by atoms with E-state index in [1.807, 2.05) is 0 Å². The van der Waals surface area contributed by atoms with Gasteiger partial charge in [0, 0.05) is 6.07 Å². The minimum absolute atomic E-state index is 0.102. The molecule has 1 aromatic carbocycles. The van der Waals surface area contributed by atoms with Crippen molar-refractivity contribution in [2.45, 2.75) is 58.2 Å². The molecule has 1 heterocycles.